The molecule has 3 rings (SSSR count). The first-order chi connectivity index (χ1) is 11.4. The molecule has 1 aliphatic heterocycles. The van der Waals surface area contributed by atoms with E-state index in [4.69, 9.17) is 0 Å². The van der Waals surface area contributed by atoms with E-state index < -0.39 is 10.0 Å². The molecule has 6 nitrogen and oxygen atoms in total. The van der Waals surface area contributed by atoms with Gasteiger partial charge in [0.2, 0.25) is 10.0 Å². The van der Waals surface area contributed by atoms with Gasteiger partial charge in [-0.3, -0.25) is 0 Å². The molecule has 2 fully saturated rings. The van der Waals surface area contributed by atoms with Gasteiger partial charge in [-0.15, -0.1) is 0 Å². The molecule has 1 aromatic rings. The smallest absolute Gasteiger partial charge is 0.321 e. The SMILES string of the molecule is CS(=O)(=O)N(C1CCC1)[C@@H]1CCCN(C(=O)Nc2ccsc2)CC1. The van der Waals surface area contributed by atoms with E-state index in [1.54, 1.807) is 20.5 Å². The number of likely N-dealkylation sites (tertiary alicyclic amines) is 1. The third-order valence-electron chi connectivity index (χ3n) is 4.93. The van der Waals surface area contributed by atoms with Crippen LogP contribution in [0.3, 0.4) is 0 Å². The van der Waals surface area contributed by atoms with Gasteiger partial charge >= 0.3 is 6.03 Å². The zero-order chi connectivity index (χ0) is 17.2. The van der Waals surface area contributed by atoms with Gasteiger partial charge in [0.05, 0.1) is 11.9 Å². The van der Waals surface area contributed by atoms with Gasteiger partial charge in [-0.2, -0.15) is 15.6 Å². The predicted molar refractivity (Wildman–Crippen MR) is 96.9 cm³/mol. The van der Waals surface area contributed by atoms with E-state index in [1.807, 2.05) is 16.8 Å². The number of rotatable bonds is 4. The Bertz CT molecular complexity index is 656. The summed E-state index contributed by atoms with van der Waals surface area (Å²) in [6.07, 6.45) is 6.72. The van der Waals surface area contributed by atoms with Crippen LogP contribution in [0.4, 0.5) is 10.5 Å². The van der Waals surface area contributed by atoms with E-state index in [-0.39, 0.29) is 18.1 Å². The van der Waals surface area contributed by atoms with E-state index in [0.717, 1.165) is 37.8 Å². The molecular weight excluding hydrogens is 346 g/mol. The molecule has 0 radical (unpaired) electrons. The number of anilines is 1. The highest BCUT2D eigenvalue weighted by atomic mass is 32.2. The number of sulfonamides is 1. The summed E-state index contributed by atoms with van der Waals surface area (Å²) >= 11 is 1.54. The molecule has 0 spiro atoms. The summed E-state index contributed by atoms with van der Waals surface area (Å²) in [6, 6.07) is 1.97. The lowest BCUT2D eigenvalue weighted by molar-refractivity contribution is 0.162. The van der Waals surface area contributed by atoms with Gasteiger partial charge in [0, 0.05) is 30.6 Å². The first-order valence-corrected chi connectivity index (χ1v) is 11.3. The summed E-state index contributed by atoms with van der Waals surface area (Å²) in [7, 11) is -3.20. The van der Waals surface area contributed by atoms with Gasteiger partial charge in [-0.05, 0) is 43.6 Å². The molecule has 8 heteroatoms. The molecule has 1 atom stereocenters. The quantitative estimate of drug-likeness (QED) is 0.885. The summed E-state index contributed by atoms with van der Waals surface area (Å²) in [5.41, 5.74) is 0.818. The third-order valence-corrected chi connectivity index (χ3v) is 6.98. The maximum Gasteiger partial charge on any atom is 0.321 e. The van der Waals surface area contributed by atoms with Gasteiger partial charge in [0.1, 0.15) is 0 Å². The summed E-state index contributed by atoms with van der Waals surface area (Å²) in [6.45, 7) is 1.27. The van der Waals surface area contributed by atoms with Crippen molar-refractivity contribution in [3.63, 3.8) is 0 Å². The summed E-state index contributed by atoms with van der Waals surface area (Å²) < 4.78 is 26.2. The van der Waals surface area contributed by atoms with Gasteiger partial charge in [-0.1, -0.05) is 6.42 Å². The van der Waals surface area contributed by atoms with Crippen LogP contribution in [0.5, 0.6) is 0 Å². The van der Waals surface area contributed by atoms with Gasteiger partial charge in [0.15, 0.2) is 0 Å². The highest BCUT2D eigenvalue weighted by Crippen LogP contribution is 2.32. The Hall–Kier alpha value is -1.12. The Labute approximate surface area is 147 Å². The lowest BCUT2D eigenvalue weighted by Crippen LogP contribution is -2.50. The lowest BCUT2D eigenvalue weighted by atomic mass is 9.91. The molecule has 1 aromatic heterocycles. The fraction of sp³-hybridized carbons (Fsp3) is 0.688. The zero-order valence-corrected chi connectivity index (χ0v) is 15.6. The Morgan fingerprint density at radius 2 is 1.92 bits per heavy atom. The Balaban J connectivity index is 1.62. The molecule has 0 bridgehead atoms. The number of thiophene rings is 1. The molecule has 134 valence electrons. The van der Waals surface area contributed by atoms with E-state index in [0.29, 0.717) is 19.5 Å². The predicted octanol–water partition coefficient (Wildman–Crippen LogP) is 2.95. The maximum atomic E-state index is 12.4. The van der Waals surface area contributed by atoms with E-state index in [9.17, 15) is 13.2 Å². The molecule has 0 aromatic carbocycles. The molecule has 2 heterocycles. The molecule has 1 aliphatic carbocycles. The zero-order valence-electron chi connectivity index (χ0n) is 14.0. The average molecular weight is 372 g/mol. The molecule has 1 saturated carbocycles. The topological polar surface area (TPSA) is 69.7 Å². The number of carbonyl (C=O) groups excluding carboxylic acids is 1. The summed E-state index contributed by atoms with van der Waals surface area (Å²) in [5.74, 6) is 0. The lowest BCUT2D eigenvalue weighted by Gasteiger charge is -2.40. The van der Waals surface area contributed by atoms with Crippen LogP contribution in [-0.2, 0) is 10.0 Å². The molecule has 1 saturated heterocycles. The molecule has 2 amide bonds. The van der Waals surface area contributed by atoms with Crippen molar-refractivity contribution in [2.75, 3.05) is 24.7 Å². The largest absolute Gasteiger partial charge is 0.324 e. The van der Waals surface area contributed by atoms with Crippen LogP contribution >= 0.6 is 11.3 Å². The van der Waals surface area contributed by atoms with Crippen molar-refractivity contribution in [1.29, 1.82) is 0 Å². The molecule has 24 heavy (non-hydrogen) atoms. The number of hydrogen-bond donors (Lipinski definition) is 1. The molecular formula is C16H25N3O3S2. The number of nitrogens with zero attached hydrogens (tertiary/aromatic N) is 2. The maximum absolute atomic E-state index is 12.4. The van der Waals surface area contributed by atoms with Crippen LogP contribution in [-0.4, -0.2) is 55.1 Å². The van der Waals surface area contributed by atoms with Crippen molar-refractivity contribution in [2.45, 2.75) is 50.6 Å². The number of nitrogens with one attached hydrogen (secondary N) is 1. The Kier molecular flexibility index (Phi) is 5.46. The second kappa shape index (κ2) is 7.41. The van der Waals surface area contributed by atoms with Crippen LogP contribution in [0.2, 0.25) is 0 Å². The number of carbonyl (C=O) groups is 1. The van der Waals surface area contributed by atoms with Crippen molar-refractivity contribution in [2.24, 2.45) is 0 Å². The minimum absolute atomic E-state index is 0.0178. The van der Waals surface area contributed by atoms with Crippen LogP contribution in [0, 0.1) is 0 Å². The average Bonchev–Trinajstić information content (AvgIpc) is 2.84. The van der Waals surface area contributed by atoms with Crippen LogP contribution in [0.15, 0.2) is 16.8 Å². The third kappa shape index (κ3) is 4.10. The Morgan fingerprint density at radius 3 is 2.50 bits per heavy atom. The fourth-order valence-electron chi connectivity index (χ4n) is 3.56. The van der Waals surface area contributed by atoms with Gasteiger partial charge in [0.25, 0.3) is 0 Å². The monoisotopic (exact) mass is 371 g/mol. The second-order valence-corrected chi connectivity index (χ2v) is 9.36. The minimum Gasteiger partial charge on any atom is -0.324 e. The Morgan fingerprint density at radius 1 is 1.21 bits per heavy atom. The first-order valence-electron chi connectivity index (χ1n) is 8.52. The number of amides is 2. The summed E-state index contributed by atoms with van der Waals surface area (Å²) in [5, 5.41) is 6.73. The van der Waals surface area contributed by atoms with E-state index >= 15 is 0 Å². The van der Waals surface area contributed by atoms with Crippen molar-refractivity contribution in [3.8, 4) is 0 Å². The molecule has 0 unspecified atom stereocenters. The normalized spacial score (nSPS) is 22.9. The van der Waals surface area contributed by atoms with Crippen molar-refractivity contribution >= 4 is 33.1 Å². The second-order valence-electron chi connectivity index (χ2n) is 6.69. The minimum atomic E-state index is -3.20. The van der Waals surface area contributed by atoms with Crippen molar-refractivity contribution in [1.82, 2.24) is 9.21 Å². The summed E-state index contributed by atoms with van der Waals surface area (Å²) in [4.78, 5) is 14.2. The van der Waals surface area contributed by atoms with E-state index in [1.165, 1.54) is 6.26 Å². The van der Waals surface area contributed by atoms with Crippen LogP contribution < -0.4 is 5.32 Å². The first kappa shape index (κ1) is 17.7. The van der Waals surface area contributed by atoms with E-state index in [2.05, 4.69) is 5.32 Å². The number of hydrogen-bond acceptors (Lipinski definition) is 4. The highest BCUT2D eigenvalue weighted by Gasteiger charge is 2.37. The number of urea groups is 1. The van der Waals surface area contributed by atoms with Gasteiger partial charge < -0.3 is 10.2 Å². The highest BCUT2D eigenvalue weighted by molar-refractivity contribution is 7.88. The van der Waals surface area contributed by atoms with Crippen molar-refractivity contribution < 1.29 is 13.2 Å². The molecule has 1 N–H and O–H groups in total. The van der Waals surface area contributed by atoms with Crippen molar-refractivity contribution in [3.05, 3.63) is 16.8 Å². The fourth-order valence-corrected chi connectivity index (χ4v) is 5.65. The van der Waals surface area contributed by atoms with Gasteiger partial charge in [-0.25, -0.2) is 13.2 Å². The molecule has 2 aliphatic rings. The van der Waals surface area contributed by atoms with Crippen LogP contribution in [0.1, 0.15) is 38.5 Å². The van der Waals surface area contributed by atoms with Crippen LogP contribution in [0.25, 0.3) is 0 Å². The standard InChI is InChI=1S/C16H25N3O3S2/c1-24(21,22)19(14-4-2-5-14)15-6-3-9-18(10-7-15)16(20)17-13-8-11-23-12-13/h8,11-12,14-15H,2-7,9-10H2,1H3,(H,17,20)/t15-/m1/s1.